The average Bonchev–Trinajstić information content (AvgIpc) is 3.28. The Kier molecular flexibility index (Phi) is 3.75. The number of hydrogen-bond acceptors (Lipinski definition) is 4. The molecule has 2 unspecified atom stereocenters. The summed E-state index contributed by atoms with van der Waals surface area (Å²) in [5.41, 5.74) is -0.0483. The van der Waals surface area contributed by atoms with Gasteiger partial charge in [0.05, 0.1) is 5.71 Å². The van der Waals surface area contributed by atoms with Gasteiger partial charge in [-0.15, -0.1) is 0 Å². The highest BCUT2D eigenvalue weighted by Gasteiger charge is 2.65. The predicted molar refractivity (Wildman–Crippen MR) is 94.0 cm³/mol. The standard InChI is InChI=1S/C21H19NO3/c23-19(14-7-3-1-4-8-14)21(20(24)15-9-5-2-6-10-15)17-12-11-16(13-17)18(21)22-25/h1-10,16-17,25H,11-13H2/b22-18+. The number of carbonyl (C=O) groups excluding carboxylic acids is 2. The Morgan fingerprint density at radius 2 is 1.40 bits per heavy atom. The number of carbonyl (C=O) groups is 2. The fourth-order valence-electron chi connectivity index (χ4n) is 4.66. The molecule has 2 aromatic rings. The van der Waals surface area contributed by atoms with Crippen LogP contribution < -0.4 is 0 Å². The zero-order chi connectivity index (χ0) is 17.4. The van der Waals surface area contributed by atoms with Crippen LogP contribution in [0.1, 0.15) is 40.0 Å². The fourth-order valence-corrected chi connectivity index (χ4v) is 4.66. The molecular weight excluding hydrogens is 314 g/mol. The van der Waals surface area contributed by atoms with Crippen LogP contribution in [0.15, 0.2) is 65.8 Å². The minimum Gasteiger partial charge on any atom is -0.411 e. The minimum atomic E-state index is -1.37. The van der Waals surface area contributed by atoms with Crippen molar-refractivity contribution in [2.24, 2.45) is 22.4 Å². The lowest BCUT2D eigenvalue weighted by Crippen LogP contribution is -2.50. The highest BCUT2D eigenvalue weighted by molar-refractivity contribution is 6.35. The van der Waals surface area contributed by atoms with E-state index in [1.54, 1.807) is 48.5 Å². The van der Waals surface area contributed by atoms with Gasteiger partial charge in [-0.1, -0.05) is 65.8 Å². The van der Waals surface area contributed by atoms with Gasteiger partial charge in [0.2, 0.25) is 0 Å². The Labute approximate surface area is 146 Å². The third-order valence-electron chi connectivity index (χ3n) is 5.73. The lowest BCUT2D eigenvalue weighted by atomic mass is 9.63. The summed E-state index contributed by atoms with van der Waals surface area (Å²) in [7, 11) is 0. The molecule has 0 amide bonds. The summed E-state index contributed by atoms with van der Waals surface area (Å²) in [5, 5.41) is 13.2. The number of benzene rings is 2. The first-order chi connectivity index (χ1) is 12.2. The van der Waals surface area contributed by atoms with Gasteiger partial charge in [0.1, 0.15) is 5.41 Å². The summed E-state index contributed by atoms with van der Waals surface area (Å²) in [4.78, 5) is 27.1. The summed E-state index contributed by atoms with van der Waals surface area (Å²) in [6.45, 7) is 0. The molecule has 2 aliphatic carbocycles. The second kappa shape index (κ2) is 5.96. The van der Waals surface area contributed by atoms with E-state index in [2.05, 4.69) is 5.16 Å². The monoisotopic (exact) mass is 333 g/mol. The van der Waals surface area contributed by atoms with Gasteiger partial charge in [-0.25, -0.2) is 0 Å². The van der Waals surface area contributed by atoms with Gasteiger partial charge in [-0.05, 0) is 25.2 Å². The second-order valence-electron chi connectivity index (χ2n) is 6.89. The SMILES string of the molecule is O=C(c1ccccc1)C1(C(=O)c2ccccc2)/C(=N/O)C2CCC1C2. The summed E-state index contributed by atoms with van der Waals surface area (Å²) >= 11 is 0. The number of oxime groups is 1. The molecule has 4 heteroatoms. The Balaban J connectivity index is 1.91. The largest absolute Gasteiger partial charge is 0.411 e. The van der Waals surface area contributed by atoms with Crippen LogP contribution in [-0.2, 0) is 0 Å². The van der Waals surface area contributed by atoms with E-state index in [4.69, 9.17) is 0 Å². The van der Waals surface area contributed by atoms with E-state index < -0.39 is 5.41 Å². The number of fused-ring (bicyclic) bond motifs is 2. The molecule has 2 aliphatic rings. The van der Waals surface area contributed by atoms with E-state index >= 15 is 0 Å². The molecule has 0 aromatic heterocycles. The quantitative estimate of drug-likeness (QED) is 0.398. The van der Waals surface area contributed by atoms with Crippen LogP contribution in [-0.4, -0.2) is 22.5 Å². The van der Waals surface area contributed by atoms with Gasteiger partial charge in [-0.2, -0.15) is 0 Å². The van der Waals surface area contributed by atoms with Crippen LogP contribution in [0.4, 0.5) is 0 Å². The Morgan fingerprint density at radius 3 is 1.88 bits per heavy atom. The van der Waals surface area contributed by atoms with Crippen LogP contribution in [0.5, 0.6) is 0 Å². The van der Waals surface area contributed by atoms with E-state index in [9.17, 15) is 14.8 Å². The Hall–Kier alpha value is -2.75. The Morgan fingerprint density at radius 1 is 0.880 bits per heavy atom. The second-order valence-corrected chi connectivity index (χ2v) is 6.89. The molecule has 126 valence electrons. The molecule has 2 fully saturated rings. The molecule has 0 aliphatic heterocycles. The van der Waals surface area contributed by atoms with Crippen molar-refractivity contribution in [3.05, 3.63) is 71.8 Å². The first kappa shape index (κ1) is 15.8. The highest BCUT2D eigenvalue weighted by Crippen LogP contribution is 2.56. The topological polar surface area (TPSA) is 66.7 Å². The first-order valence-electron chi connectivity index (χ1n) is 8.61. The van der Waals surface area contributed by atoms with Crippen LogP contribution in [0.3, 0.4) is 0 Å². The van der Waals surface area contributed by atoms with Crippen LogP contribution >= 0.6 is 0 Å². The summed E-state index contributed by atoms with van der Waals surface area (Å²) in [6.07, 6.45) is 2.41. The number of ketones is 2. The normalized spacial score (nSPS) is 25.2. The molecule has 0 spiro atoms. The van der Waals surface area contributed by atoms with Crippen LogP contribution in [0.2, 0.25) is 0 Å². The van der Waals surface area contributed by atoms with E-state index in [-0.39, 0.29) is 23.4 Å². The number of rotatable bonds is 4. The van der Waals surface area contributed by atoms with Crippen molar-refractivity contribution < 1.29 is 14.8 Å². The third-order valence-corrected chi connectivity index (χ3v) is 5.73. The van der Waals surface area contributed by atoms with Crippen molar-refractivity contribution in [2.45, 2.75) is 19.3 Å². The smallest absolute Gasteiger partial charge is 0.182 e. The van der Waals surface area contributed by atoms with E-state index in [0.29, 0.717) is 16.8 Å². The molecule has 0 heterocycles. The summed E-state index contributed by atoms with van der Waals surface area (Å²) in [5.74, 6) is -0.594. The van der Waals surface area contributed by atoms with Gasteiger partial charge in [-0.3, -0.25) is 9.59 Å². The van der Waals surface area contributed by atoms with Crippen molar-refractivity contribution in [2.75, 3.05) is 0 Å². The molecule has 1 N–H and O–H groups in total. The van der Waals surface area contributed by atoms with Gasteiger partial charge in [0.15, 0.2) is 11.6 Å². The third kappa shape index (κ3) is 2.17. The van der Waals surface area contributed by atoms with Crippen molar-refractivity contribution in [1.82, 2.24) is 0 Å². The maximum atomic E-state index is 13.5. The highest BCUT2D eigenvalue weighted by atomic mass is 16.4. The molecule has 2 atom stereocenters. The van der Waals surface area contributed by atoms with Crippen LogP contribution in [0.25, 0.3) is 0 Å². The fraction of sp³-hybridized carbons (Fsp3) is 0.286. The lowest BCUT2D eigenvalue weighted by Gasteiger charge is -2.35. The Bertz CT molecular complexity index is 790. The molecule has 4 nitrogen and oxygen atoms in total. The molecule has 4 rings (SSSR count). The minimum absolute atomic E-state index is 0.00956. The van der Waals surface area contributed by atoms with Crippen molar-refractivity contribution in [3.8, 4) is 0 Å². The molecule has 2 saturated carbocycles. The first-order valence-corrected chi connectivity index (χ1v) is 8.61. The number of Topliss-reactive ketones (excluding diaryl/α,β-unsaturated/α-hetero) is 2. The molecular formula is C21H19NO3. The maximum absolute atomic E-state index is 13.5. The molecule has 2 bridgehead atoms. The number of hydrogen-bond donors (Lipinski definition) is 1. The zero-order valence-corrected chi connectivity index (χ0v) is 13.8. The molecule has 2 aromatic carbocycles. The average molecular weight is 333 g/mol. The molecule has 0 saturated heterocycles. The van der Waals surface area contributed by atoms with Crippen molar-refractivity contribution >= 4 is 17.3 Å². The molecule has 25 heavy (non-hydrogen) atoms. The zero-order valence-electron chi connectivity index (χ0n) is 13.8. The lowest BCUT2D eigenvalue weighted by molar-refractivity contribution is 0.0678. The van der Waals surface area contributed by atoms with Gasteiger partial charge in [0.25, 0.3) is 0 Å². The van der Waals surface area contributed by atoms with Crippen LogP contribution in [0, 0.1) is 17.3 Å². The number of nitrogens with zero attached hydrogens (tertiary/aromatic N) is 1. The van der Waals surface area contributed by atoms with E-state index in [1.807, 2.05) is 12.1 Å². The van der Waals surface area contributed by atoms with E-state index in [1.165, 1.54) is 0 Å². The van der Waals surface area contributed by atoms with Gasteiger partial charge >= 0.3 is 0 Å². The van der Waals surface area contributed by atoms with Gasteiger partial charge < -0.3 is 5.21 Å². The predicted octanol–water partition coefficient (Wildman–Crippen LogP) is 4.00. The maximum Gasteiger partial charge on any atom is 0.182 e. The van der Waals surface area contributed by atoms with Gasteiger partial charge in [0, 0.05) is 17.0 Å². The van der Waals surface area contributed by atoms with Crippen molar-refractivity contribution in [3.63, 3.8) is 0 Å². The summed E-state index contributed by atoms with van der Waals surface area (Å²) in [6, 6.07) is 17.7. The van der Waals surface area contributed by atoms with Crippen molar-refractivity contribution in [1.29, 1.82) is 0 Å². The molecule has 0 radical (unpaired) electrons. The summed E-state index contributed by atoms with van der Waals surface area (Å²) < 4.78 is 0. The van der Waals surface area contributed by atoms with E-state index in [0.717, 1.165) is 19.3 Å².